The predicted octanol–water partition coefficient (Wildman–Crippen LogP) is 1.25. The zero-order chi connectivity index (χ0) is 12.8. The van der Waals surface area contributed by atoms with Crippen molar-refractivity contribution in [3.63, 3.8) is 0 Å². The lowest BCUT2D eigenvalue weighted by Gasteiger charge is -2.31. The van der Waals surface area contributed by atoms with Crippen LogP contribution in [0.25, 0.3) is 0 Å². The standard InChI is InChI=1S/C13H20N2O3/c14-5-1-8-18-12-2-6-15(7-3-12)13(16)11-4-9-17-10-11/h4,9-10,12H,1-3,5-8,14H2. The number of ether oxygens (including phenoxy) is 1. The summed E-state index contributed by atoms with van der Waals surface area (Å²) in [7, 11) is 0. The molecule has 1 aliphatic heterocycles. The third-order valence-corrected chi connectivity index (χ3v) is 3.20. The highest BCUT2D eigenvalue weighted by molar-refractivity contribution is 5.93. The van der Waals surface area contributed by atoms with Crippen molar-refractivity contribution in [2.45, 2.75) is 25.4 Å². The minimum atomic E-state index is 0.0455. The SMILES string of the molecule is NCCCOC1CCN(C(=O)c2ccoc2)CC1. The van der Waals surface area contributed by atoms with Crippen LogP contribution in [0.5, 0.6) is 0 Å². The summed E-state index contributed by atoms with van der Waals surface area (Å²) in [5, 5.41) is 0. The minimum absolute atomic E-state index is 0.0455. The fraction of sp³-hybridized carbons (Fsp3) is 0.615. The van der Waals surface area contributed by atoms with Gasteiger partial charge >= 0.3 is 0 Å². The number of hydrogen-bond acceptors (Lipinski definition) is 4. The van der Waals surface area contributed by atoms with Crippen molar-refractivity contribution < 1.29 is 13.9 Å². The molecule has 2 heterocycles. The Morgan fingerprint density at radius 3 is 2.89 bits per heavy atom. The largest absolute Gasteiger partial charge is 0.472 e. The van der Waals surface area contributed by atoms with Gasteiger partial charge in [0.15, 0.2) is 0 Å². The molecule has 5 nitrogen and oxygen atoms in total. The fourth-order valence-corrected chi connectivity index (χ4v) is 2.13. The minimum Gasteiger partial charge on any atom is -0.472 e. The van der Waals surface area contributed by atoms with Gasteiger partial charge in [0.05, 0.1) is 17.9 Å². The molecule has 0 unspecified atom stereocenters. The molecule has 0 bridgehead atoms. The Morgan fingerprint density at radius 1 is 1.50 bits per heavy atom. The van der Waals surface area contributed by atoms with Gasteiger partial charge in [0, 0.05) is 19.7 Å². The molecule has 2 N–H and O–H groups in total. The first kappa shape index (κ1) is 13.1. The van der Waals surface area contributed by atoms with E-state index >= 15 is 0 Å². The van der Waals surface area contributed by atoms with E-state index in [1.807, 2.05) is 4.90 Å². The number of nitrogens with two attached hydrogens (primary N) is 1. The van der Waals surface area contributed by atoms with Gasteiger partial charge in [-0.15, -0.1) is 0 Å². The first-order valence-corrected chi connectivity index (χ1v) is 6.44. The average Bonchev–Trinajstić information content (AvgIpc) is 2.93. The van der Waals surface area contributed by atoms with Gasteiger partial charge in [0.1, 0.15) is 6.26 Å². The van der Waals surface area contributed by atoms with Gasteiger partial charge < -0.3 is 19.8 Å². The molecule has 18 heavy (non-hydrogen) atoms. The highest BCUT2D eigenvalue weighted by atomic mass is 16.5. The van der Waals surface area contributed by atoms with Crippen molar-refractivity contribution in [2.24, 2.45) is 5.73 Å². The number of hydrogen-bond donors (Lipinski definition) is 1. The summed E-state index contributed by atoms with van der Waals surface area (Å²) in [6.45, 7) is 2.88. The summed E-state index contributed by atoms with van der Waals surface area (Å²) in [6, 6.07) is 1.70. The van der Waals surface area contributed by atoms with Crippen molar-refractivity contribution in [3.8, 4) is 0 Å². The Hall–Kier alpha value is -1.33. The molecule has 2 rings (SSSR count). The van der Waals surface area contributed by atoms with Crippen LogP contribution < -0.4 is 5.73 Å². The first-order chi connectivity index (χ1) is 8.81. The van der Waals surface area contributed by atoms with Crippen LogP contribution >= 0.6 is 0 Å². The summed E-state index contributed by atoms with van der Waals surface area (Å²) in [6.07, 6.45) is 5.98. The Balaban J connectivity index is 1.75. The van der Waals surface area contributed by atoms with Crippen LogP contribution in [0.1, 0.15) is 29.6 Å². The van der Waals surface area contributed by atoms with Crippen LogP contribution in [0.4, 0.5) is 0 Å². The highest BCUT2D eigenvalue weighted by Crippen LogP contribution is 2.16. The summed E-state index contributed by atoms with van der Waals surface area (Å²) in [5.41, 5.74) is 6.04. The zero-order valence-corrected chi connectivity index (χ0v) is 10.5. The van der Waals surface area contributed by atoms with E-state index in [0.717, 1.165) is 39.0 Å². The quantitative estimate of drug-likeness (QED) is 0.801. The van der Waals surface area contributed by atoms with Crippen molar-refractivity contribution in [1.82, 2.24) is 4.90 Å². The highest BCUT2D eigenvalue weighted by Gasteiger charge is 2.24. The second-order valence-electron chi connectivity index (χ2n) is 4.52. The van der Waals surface area contributed by atoms with Crippen LogP contribution in [0.3, 0.4) is 0 Å². The Labute approximate surface area is 107 Å². The van der Waals surface area contributed by atoms with Crippen LogP contribution in [-0.4, -0.2) is 43.2 Å². The number of amides is 1. The van der Waals surface area contributed by atoms with E-state index < -0.39 is 0 Å². The van der Waals surface area contributed by atoms with Crippen molar-refractivity contribution >= 4 is 5.91 Å². The number of piperidine rings is 1. The topological polar surface area (TPSA) is 68.7 Å². The molecule has 0 saturated carbocycles. The van der Waals surface area contributed by atoms with Gasteiger partial charge in [0.2, 0.25) is 0 Å². The Morgan fingerprint density at radius 2 is 2.28 bits per heavy atom. The van der Waals surface area contributed by atoms with Crippen LogP contribution in [0.2, 0.25) is 0 Å². The monoisotopic (exact) mass is 252 g/mol. The number of rotatable bonds is 5. The van der Waals surface area contributed by atoms with E-state index in [4.69, 9.17) is 14.9 Å². The maximum atomic E-state index is 12.0. The van der Waals surface area contributed by atoms with Gasteiger partial charge in [-0.2, -0.15) is 0 Å². The first-order valence-electron chi connectivity index (χ1n) is 6.44. The molecule has 100 valence electrons. The van der Waals surface area contributed by atoms with Gasteiger partial charge in [0.25, 0.3) is 5.91 Å². The Bertz CT molecular complexity index is 356. The molecule has 1 aliphatic rings. The van der Waals surface area contributed by atoms with Gasteiger partial charge in [-0.05, 0) is 31.9 Å². The lowest BCUT2D eigenvalue weighted by atomic mass is 10.1. The number of carbonyl (C=O) groups excluding carboxylic acids is 1. The molecule has 1 fully saturated rings. The van der Waals surface area contributed by atoms with Gasteiger partial charge in [-0.25, -0.2) is 0 Å². The molecule has 0 aliphatic carbocycles. The molecular formula is C13H20N2O3. The maximum absolute atomic E-state index is 12.0. The number of carbonyl (C=O) groups is 1. The average molecular weight is 252 g/mol. The number of likely N-dealkylation sites (tertiary alicyclic amines) is 1. The van der Waals surface area contributed by atoms with Crippen molar-refractivity contribution in [3.05, 3.63) is 24.2 Å². The molecule has 0 spiro atoms. The third kappa shape index (κ3) is 3.34. The summed E-state index contributed by atoms with van der Waals surface area (Å²) >= 11 is 0. The van der Waals surface area contributed by atoms with E-state index in [0.29, 0.717) is 12.1 Å². The second kappa shape index (κ2) is 6.56. The summed E-state index contributed by atoms with van der Waals surface area (Å²) in [5.74, 6) is 0.0455. The normalized spacial score (nSPS) is 17.1. The molecule has 0 atom stereocenters. The molecule has 0 aromatic carbocycles. The molecule has 1 aromatic rings. The van der Waals surface area contributed by atoms with Crippen molar-refractivity contribution in [1.29, 1.82) is 0 Å². The number of furan rings is 1. The second-order valence-corrected chi connectivity index (χ2v) is 4.52. The molecule has 1 amide bonds. The van der Waals surface area contributed by atoms with Gasteiger partial charge in [-0.3, -0.25) is 4.79 Å². The third-order valence-electron chi connectivity index (χ3n) is 3.20. The van der Waals surface area contributed by atoms with E-state index in [-0.39, 0.29) is 12.0 Å². The summed E-state index contributed by atoms with van der Waals surface area (Å²) in [4.78, 5) is 13.9. The van der Waals surface area contributed by atoms with Crippen LogP contribution in [0, 0.1) is 0 Å². The fourth-order valence-electron chi connectivity index (χ4n) is 2.13. The van der Waals surface area contributed by atoms with Crippen molar-refractivity contribution in [2.75, 3.05) is 26.2 Å². The smallest absolute Gasteiger partial charge is 0.257 e. The zero-order valence-electron chi connectivity index (χ0n) is 10.5. The molecule has 5 heteroatoms. The van der Waals surface area contributed by atoms with E-state index in [2.05, 4.69) is 0 Å². The summed E-state index contributed by atoms with van der Waals surface area (Å²) < 4.78 is 10.6. The van der Waals surface area contributed by atoms with E-state index in [1.165, 1.54) is 12.5 Å². The maximum Gasteiger partial charge on any atom is 0.257 e. The van der Waals surface area contributed by atoms with E-state index in [1.54, 1.807) is 6.07 Å². The van der Waals surface area contributed by atoms with Gasteiger partial charge in [-0.1, -0.05) is 0 Å². The van der Waals surface area contributed by atoms with Crippen LogP contribution in [-0.2, 0) is 4.74 Å². The molecule has 0 radical (unpaired) electrons. The van der Waals surface area contributed by atoms with Crippen LogP contribution in [0.15, 0.2) is 23.0 Å². The molecule has 1 aromatic heterocycles. The lowest BCUT2D eigenvalue weighted by molar-refractivity contribution is 0.00843. The van der Waals surface area contributed by atoms with E-state index in [9.17, 15) is 4.79 Å². The molecule has 1 saturated heterocycles. The Kier molecular flexibility index (Phi) is 4.78. The molecular weight excluding hydrogens is 232 g/mol. The number of nitrogens with zero attached hydrogens (tertiary/aromatic N) is 1. The lowest BCUT2D eigenvalue weighted by Crippen LogP contribution is -2.40. The predicted molar refractivity (Wildman–Crippen MR) is 67.3 cm³/mol.